The smallest absolute Gasteiger partial charge is 0.0575 e. The molecule has 3 heteroatoms. The lowest BCUT2D eigenvalue weighted by molar-refractivity contribution is -0.116. The first-order chi connectivity index (χ1) is 5.74. The van der Waals surface area contributed by atoms with Crippen LogP contribution in [0, 0.1) is 0 Å². The Balaban J connectivity index is 2.69. The summed E-state index contributed by atoms with van der Waals surface area (Å²) in [6.07, 6.45) is 0. The van der Waals surface area contributed by atoms with E-state index in [-0.39, 0.29) is 0 Å². The van der Waals surface area contributed by atoms with Gasteiger partial charge in [-0.15, -0.1) is 0 Å². The Hall–Kier alpha value is -0.570. The van der Waals surface area contributed by atoms with E-state index < -0.39 is 0 Å². The van der Waals surface area contributed by atoms with Gasteiger partial charge in [0.05, 0.1) is 13.7 Å². The van der Waals surface area contributed by atoms with Crippen LogP contribution in [0.5, 0.6) is 0 Å². The Kier molecular flexibility index (Phi) is 3.53. The molecule has 0 spiro atoms. The van der Waals surface area contributed by atoms with Crippen molar-refractivity contribution in [1.82, 2.24) is 5.06 Å². The normalized spacial score (nSPS) is 10.7. The van der Waals surface area contributed by atoms with Gasteiger partial charge in [0, 0.05) is 12.1 Å². The topological polar surface area (TPSA) is 12.5 Å². The van der Waals surface area contributed by atoms with Crippen molar-refractivity contribution in [2.24, 2.45) is 0 Å². The molecule has 0 unspecified atom stereocenters. The lowest BCUT2D eigenvalue weighted by Gasteiger charge is -2.13. The van der Waals surface area contributed by atoms with Crippen LogP contribution in [0.2, 0.25) is 5.02 Å². The zero-order chi connectivity index (χ0) is 8.97. The summed E-state index contributed by atoms with van der Waals surface area (Å²) >= 11 is 5.94. The van der Waals surface area contributed by atoms with Crippen molar-refractivity contribution in [3.63, 3.8) is 0 Å². The fourth-order valence-electron chi connectivity index (χ4n) is 0.931. The van der Waals surface area contributed by atoms with Gasteiger partial charge in [-0.3, -0.25) is 0 Å². The molecule has 1 aromatic carbocycles. The third-order valence-electron chi connectivity index (χ3n) is 1.66. The van der Waals surface area contributed by atoms with Crippen LogP contribution in [0.3, 0.4) is 0 Å². The molecule has 0 atom stereocenters. The van der Waals surface area contributed by atoms with Crippen LogP contribution in [0.4, 0.5) is 0 Å². The number of rotatable bonds is 3. The Morgan fingerprint density at radius 3 is 2.67 bits per heavy atom. The number of nitrogens with zero attached hydrogens (tertiary/aromatic N) is 1. The fraction of sp³-hybridized carbons (Fsp3) is 0.333. The maximum absolute atomic E-state index is 5.94. The molecule has 0 saturated carbocycles. The van der Waals surface area contributed by atoms with E-state index in [1.165, 1.54) is 0 Å². The average Bonchev–Trinajstić information content (AvgIpc) is 2.09. The van der Waals surface area contributed by atoms with Crippen LogP contribution in [-0.2, 0) is 11.4 Å². The largest absolute Gasteiger partial charge is 0.302 e. The lowest BCUT2D eigenvalue weighted by atomic mass is 10.2. The highest BCUT2D eigenvalue weighted by Crippen LogP contribution is 2.15. The minimum atomic E-state index is 0.705. The van der Waals surface area contributed by atoms with Crippen molar-refractivity contribution < 1.29 is 4.84 Å². The summed E-state index contributed by atoms with van der Waals surface area (Å²) in [5, 5.41) is 2.50. The van der Waals surface area contributed by atoms with Gasteiger partial charge < -0.3 is 4.84 Å². The van der Waals surface area contributed by atoms with E-state index in [9.17, 15) is 0 Å². The second-order valence-corrected chi connectivity index (χ2v) is 2.97. The predicted molar refractivity (Wildman–Crippen MR) is 49.9 cm³/mol. The second kappa shape index (κ2) is 4.45. The summed E-state index contributed by atoms with van der Waals surface area (Å²) in [6.45, 7) is 0.705. The molecule has 0 bridgehead atoms. The van der Waals surface area contributed by atoms with E-state index in [1.807, 2.05) is 31.3 Å². The molecule has 0 aliphatic carbocycles. The average molecular weight is 186 g/mol. The summed E-state index contributed by atoms with van der Waals surface area (Å²) in [5.74, 6) is 0. The molecule has 1 rings (SSSR count). The third-order valence-corrected chi connectivity index (χ3v) is 2.03. The number of hydrogen-bond acceptors (Lipinski definition) is 2. The zero-order valence-corrected chi connectivity index (χ0v) is 8.01. The number of hydrogen-bond donors (Lipinski definition) is 0. The Morgan fingerprint density at radius 1 is 1.42 bits per heavy atom. The maximum atomic E-state index is 5.94. The van der Waals surface area contributed by atoms with E-state index >= 15 is 0 Å². The van der Waals surface area contributed by atoms with Gasteiger partial charge in [-0.1, -0.05) is 29.8 Å². The van der Waals surface area contributed by atoms with Gasteiger partial charge in [0.15, 0.2) is 0 Å². The Bertz CT molecular complexity index is 252. The van der Waals surface area contributed by atoms with Gasteiger partial charge in [0.1, 0.15) is 0 Å². The molecule has 0 aliphatic heterocycles. The number of benzene rings is 1. The first kappa shape index (κ1) is 9.52. The Labute approximate surface area is 77.7 Å². The summed E-state index contributed by atoms with van der Waals surface area (Å²) in [4.78, 5) is 4.98. The zero-order valence-electron chi connectivity index (χ0n) is 7.25. The molecular weight excluding hydrogens is 174 g/mol. The fourth-order valence-corrected chi connectivity index (χ4v) is 1.13. The van der Waals surface area contributed by atoms with Gasteiger partial charge >= 0.3 is 0 Å². The standard InChI is InChI=1S/C9H12ClNO/c1-11(12-2)7-8-5-3-4-6-9(8)10/h3-6H,7H2,1-2H3. The van der Waals surface area contributed by atoms with Crippen LogP contribution < -0.4 is 0 Å². The summed E-state index contributed by atoms with van der Waals surface area (Å²) in [6, 6.07) is 7.74. The highest BCUT2D eigenvalue weighted by Gasteiger charge is 2.01. The Morgan fingerprint density at radius 2 is 2.08 bits per heavy atom. The first-order valence-electron chi connectivity index (χ1n) is 3.72. The highest BCUT2D eigenvalue weighted by molar-refractivity contribution is 6.31. The minimum absolute atomic E-state index is 0.705. The highest BCUT2D eigenvalue weighted by atomic mass is 35.5. The molecule has 0 radical (unpaired) electrons. The summed E-state index contributed by atoms with van der Waals surface area (Å²) in [5.41, 5.74) is 1.07. The molecule has 0 aromatic heterocycles. The van der Waals surface area contributed by atoms with Crippen molar-refractivity contribution in [3.05, 3.63) is 34.9 Å². The van der Waals surface area contributed by atoms with Gasteiger partial charge in [-0.05, 0) is 11.6 Å². The van der Waals surface area contributed by atoms with Crippen LogP contribution >= 0.6 is 11.6 Å². The SMILES string of the molecule is CON(C)Cc1ccccc1Cl. The molecular formula is C9H12ClNO. The number of hydroxylamine groups is 2. The molecule has 2 nitrogen and oxygen atoms in total. The van der Waals surface area contributed by atoms with E-state index in [0.29, 0.717) is 6.54 Å². The van der Waals surface area contributed by atoms with E-state index in [0.717, 1.165) is 10.6 Å². The molecule has 0 fully saturated rings. The molecule has 66 valence electrons. The van der Waals surface area contributed by atoms with Crippen molar-refractivity contribution >= 4 is 11.6 Å². The first-order valence-corrected chi connectivity index (χ1v) is 4.10. The van der Waals surface area contributed by atoms with Gasteiger partial charge in [0.25, 0.3) is 0 Å². The van der Waals surface area contributed by atoms with Crippen LogP contribution in [-0.4, -0.2) is 19.2 Å². The van der Waals surface area contributed by atoms with Gasteiger partial charge in [0.2, 0.25) is 0 Å². The van der Waals surface area contributed by atoms with Gasteiger partial charge in [-0.25, -0.2) is 0 Å². The van der Waals surface area contributed by atoms with E-state index in [2.05, 4.69) is 0 Å². The second-order valence-electron chi connectivity index (χ2n) is 2.56. The monoisotopic (exact) mass is 185 g/mol. The molecule has 0 aliphatic rings. The number of halogens is 1. The molecule has 0 N–H and O–H groups in total. The van der Waals surface area contributed by atoms with Crippen molar-refractivity contribution in [1.29, 1.82) is 0 Å². The van der Waals surface area contributed by atoms with Crippen molar-refractivity contribution in [2.75, 3.05) is 14.2 Å². The minimum Gasteiger partial charge on any atom is -0.302 e. The molecule has 12 heavy (non-hydrogen) atoms. The molecule has 0 saturated heterocycles. The van der Waals surface area contributed by atoms with Crippen molar-refractivity contribution in [3.8, 4) is 0 Å². The molecule has 0 heterocycles. The van der Waals surface area contributed by atoms with Gasteiger partial charge in [-0.2, -0.15) is 5.06 Å². The lowest BCUT2D eigenvalue weighted by Crippen LogP contribution is -2.15. The maximum Gasteiger partial charge on any atom is 0.0575 e. The van der Waals surface area contributed by atoms with E-state index in [4.69, 9.17) is 16.4 Å². The summed E-state index contributed by atoms with van der Waals surface area (Å²) < 4.78 is 0. The van der Waals surface area contributed by atoms with E-state index in [1.54, 1.807) is 12.2 Å². The predicted octanol–water partition coefficient (Wildman–Crippen LogP) is 2.33. The van der Waals surface area contributed by atoms with Crippen LogP contribution in [0.1, 0.15) is 5.56 Å². The summed E-state index contributed by atoms with van der Waals surface area (Å²) in [7, 11) is 3.50. The third kappa shape index (κ3) is 2.48. The quantitative estimate of drug-likeness (QED) is 0.671. The molecule has 1 aromatic rings. The van der Waals surface area contributed by atoms with Crippen LogP contribution in [0.15, 0.2) is 24.3 Å². The van der Waals surface area contributed by atoms with Crippen molar-refractivity contribution in [2.45, 2.75) is 6.54 Å². The molecule has 0 amide bonds. The van der Waals surface area contributed by atoms with Crippen LogP contribution in [0.25, 0.3) is 0 Å².